The summed E-state index contributed by atoms with van der Waals surface area (Å²) < 4.78 is 6.51. The number of carbonyl (C=O) groups is 1. The molecule has 8 atom stereocenters. The number of Topliss-reactive ketones (excluding diaryl/α,β-unsaturated/α-hetero) is 1. The van der Waals surface area contributed by atoms with E-state index in [-0.39, 0.29) is 40.4 Å². The Morgan fingerprint density at radius 1 is 1.16 bits per heavy atom. The Kier molecular flexibility index (Phi) is 5.23. The molecule has 0 bridgehead atoms. The molecule has 0 aliphatic heterocycles. The van der Waals surface area contributed by atoms with Crippen LogP contribution < -0.4 is 0 Å². The summed E-state index contributed by atoms with van der Waals surface area (Å²) in [5, 5.41) is 35.3. The van der Waals surface area contributed by atoms with E-state index in [1.165, 1.54) is 0 Å². The lowest BCUT2D eigenvalue weighted by Crippen LogP contribution is -2.62. The summed E-state index contributed by atoms with van der Waals surface area (Å²) in [5.41, 5.74) is -1.81. The first-order valence-electron chi connectivity index (χ1n) is 12.1. The molecule has 0 saturated heterocycles. The van der Waals surface area contributed by atoms with Crippen LogP contribution in [-0.4, -0.2) is 53.3 Å². The Morgan fingerprint density at radius 2 is 1.75 bits per heavy atom. The quantitative estimate of drug-likeness (QED) is 0.438. The third-order valence-corrected chi connectivity index (χ3v) is 14.5. The molecule has 0 aromatic heterocycles. The number of hydrogen-bond acceptors (Lipinski definition) is 5. The first-order chi connectivity index (χ1) is 14.4. The Labute approximate surface area is 194 Å². The number of carbonyl (C=O) groups excluding carboxylic acids is 1. The Morgan fingerprint density at radius 3 is 2.31 bits per heavy atom. The van der Waals surface area contributed by atoms with Crippen molar-refractivity contribution in [1.82, 2.24) is 0 Å². The average molecular weight is 463 g/mol. The van der Waals surface area contributed by atoms with Crippen molar-refractivity contribution in [3.05, 3.63) is 23.3 Å². The summed E-state index contributed by atoms with van der Waals surface area (Å²) in [5.74, 6) is -1.54. The van der Waals surface area contributed by atoms with E-state index in [4.69, 9.17) is 4.43 Å². The summed E-state index contributed by atoms with van der Waals surface area (Å²) in [7, 11) is -2.04. The van der Waals surface area contributed by atoms with Crippen LogP contribution in [0.3, 0.4) is 0 Å². The van der Waals surface area contributed by atoms with Crippen LogP contribution >= 0.6 is 0 Å². The summed E-state index contributed by atoms with van der Waals surface area (Å²) in [6.45, 7) is 19.2. The van der Waals surface area contributed by atoms with Gasteiger partial charge in [-0.3, -0.25) is 4.79 Å². The first kappa shape index (κ1) is 24.3. The zero-order chi connectivity index (χ0) is 24.2. The highest BCUT2D eigenvalue weighted by Crippen LogP contribution is 2.72. The van der Waals surface area contributed by atoms with E-state index in [2.05, 4.69) is 53.8 Å². The maximum absolute atomic E-state index is 13.2. The largest absolute Gasteiger partial charge is 0.413 e. The van der Waals surface area contributed by atoms with Crippen molar-refractivity contribution in [1.29, 1.82) is 0 Å². The fourth-order valence-electron chi connectivity index (χ4n) is 6.86. The van der Waals surface area contributed by atoms with Crippen LogP contribution in [0.15, 0.2) is 23.3 Å². The summed E-state index contributed by atoms with van der Waals surface area (Å²) in [4.78, 5) is 13.2. The van der Waals surface area contributed by atoms with Crippen molar-refractivity contribution in [3.63, 3.8) is 0 Å². The van der Waals surface area contributed by atoms with Crippen molar-refractivity contribution < 1.29 is 24.5 Å². The predicted octanol–water partition coefficient (Wildman–Crippen LogP) is 3.84. The van der Waals surface area contributed by atoms with Crippen molar-refractivity contribution in [2.75, 3.05) is 6.61 Å². The minimum absolute atomic E-state index is 0.0484. The van der Waals surface area contributed by atoms with Crippen LogP contribution in [0.4, 0.5) is 0 Å². The van der Waals surface area contributed by atoms with E-state index < -0.39 is 37.5 Å². The van der Waals surface area contributed by atoms with Gasteiger partial charge in [0, 0.05) is 24.2 Å². The molecule has 3 N–H and O–H groups in total. The number of aliphatic hydroxyl groups is 3. The molecule has 2 fully saturated rings. The molecular weight excluding hydrogens is 420 g/mol. The van der Waals surface area contributed by atoms with Crippen molar-refractivity contribution in [2.24, 2.45) is 35.0 Å². The number of rotatable bonds is 3. The smallest absolute Gasteiger partial charge is 0.192 e. The van der Waals surface area contributed by atoms with E-state index in [1.54, 1.807) is 13.0 Å². The van der Waals surface area contributed by atoms with Gasteiger partial charge in [0.15, 0.2) is 14.1 Å². The molecule has 180 valence electrons. The Bertz CT molecular complexity index is 896. The van der Waals surface area contributed by atoms with Gasteiger partial charge < -0.3 is 19.7 Å². The molecule has 2 saturated carbocycles. The molecular formula is C26H42O5Si. The normalized spacial score (nSPS) is 45.3. The third-order valence-electron chi connectivity index (χ3n) is 10.0. The maximum Gasteiger partial charge on any atom is 0.192 e. The van der Waals surface area contributed by atoms with Crippen LogP contribution in [0.25, 0.3) is 0 Å². The topological polar surface area (TPSA) is 87.0 Å². The molecule has 0 spiro atoms. The van der Waals surface area contributed by atoms with Gasteiger partial charge in [-0.2, -0.15) is 0 Å². The molecule has 6 heteroatoms. The van der Waals surface area contributed by atoms with Gasteiger partial charge in [-0.25, -0.2) is 0 Å². The summed E-state index contributed by atoms with van der Waals surface area (Å²) >= 11 is 0. The molecule has 0 aromatic carbocycles. The van der Waals surface area contributed by atoms with Crippen molar-refractivity contribution in [3.8, 4) is 0 Å². The second-order valence-corrected chi connectivity index (χ2v) is 18.0. The van der Waals surface area contributed by atoms with E-state index in [1.807, 2.05) is 6.92 Å². The molecule has 0 radical (unpaired) electrons. The molecule has 4 aliphatic carbocycles. The number of ketones is 1. The SMILES string of the molecule is CC1=C[C@H]2[C@@]3(O)[C@H](C)[C@@H](O)C4[C@@H]([C@@H]3C=C(CO[Si](C)(C)C(C)(C)C)C[C@]2(O)C1=O)C4(C)C. The van der Waals surface area contributed by atoms with Crippen LogP contribution in [0, 0.1) is 35.0 Å². The third kappa shape index (κ3) is 3.06. The second-order valence-electron chi connectivity index (χ2n) is 13.2. The van der Waals surface area contributed by atoms with E-state index in [9.17, 15) is 20.1 Å². The Balaban J connectivity index is 1.80. The van der Waals surface area contributed by atoms with Crippen LogP contribution in [0.2, 0.25) is 18.1 Å². The Hall–Kier alpha value is -0.793. The number of fused-ring (bicyclic) bond motifs is 5. The zero-order valence-corrected chi connectivity index (χ0v) is 22.2. The molecule has 4 rings (SSSR count). The molecule has 1 unspecified atom stereocenters. The first-order valence-corrected chi connectivity index (χ1v) is 15.0. The lowest BCUT2D eigenvalue weighted by atomic mass is 9.59. The van der Waals surface area contributed by atoms with Crippen LogP contribution in [0.1, 0.15) is 54.9 Å². The van der Waals surface area contributed by atoms with Crippen LogP contribution in [0.5, 0.6) is 0 Å². The highest BCUT2D eigenvalue weighted by atomic mass is 28.4. The summed E-state index contributed by atoms with van der Waals surface area (Å²) in [6, 6.07) is 0. The zero-order valence-electron chi connectivity index (χ0n) is 21.2. The van der Waals surface area contributed by atoms with Gasteiger partial charge in [-0.05, 0) is 53.5 Å². The molecule has 0 aromatic rings. The lowest BCUT2D eigenvalue weighted by Gasteiger charge is -2.50. The van der Waals surface area contributed by atoms with E-state index in [0.29, 0.717) is 12.2 Å². The molecule has 0 heterocycles. The van der Waals surface area contributed by atoms with Gasteiger partial charge in [0.05, 0.1) is 18.3 Å². The number of hydrogen-bond donors (Lipinski definition) is 3. The van der Waals surface area contributed by atoms with Gasteiger partial charge in [0.1, 0.15) is 5.60 Å². The fraction of sp³-hybridized carbons (Fsp3) is 0.808. The fourth-order valence-corrected chi connectivity index (χ4v) is 7.84. The van der Waals surface area contributed by atoms with Gasteiger partial charge in [-0.1, -0.05) is 53.7 Å². The molecule has 4 aliphatic rings. The molecule has 5 nitrogen and oxygen atoms in total. The minimum Gasteiger partial charge on any atom is -0.413 e. The second kappa shape index (κ2) is 6.88. The highest BCUT2D eigenvalue weighted by molar-refractivity contribution is 6.74. The highest BCUT2D eigenvalue weighted by Gasteiger charge is 2.76. The van der Waals surface area contributed by atoms with Gasteiger partial charge in [-0.15, -0.1) is 0 Å². The molecule has 0 amide bonds. The average Bonchev–Trinajstić information content (AvgIpc) is 3.18. The summed E-state index contributed by atoms with van der Waals surface area (Å²) in [6.07, 6.45) is 3.37. The lowest BCUT2D eigenvalue weighted by molar-refractivity contribution is -0.186. The predicted molar refractivity (Wildman–Crippen MR) is 127 cm³/mol. The minimum atomic E-state index is -2.04. The number of aliphatic hydroxyl groups excluding tert-OH is 1. The monoisotopic (exact) mass is 462 g/mol. The molecule has 32 heavy (non-hydrogen) atoms. The van der Waals surface area contributed by atoms with Gasteiger partial charge in [0.2, 0.25) is 0 Å². The van der Waals surface area contributed by atoms with Gasteiger partial charge >= 0.3 is 0 Å². The van der Waals surface area contributed by atoms with Crippen molar-refractivity contribution >= 4 is 14.1 Å². The maximum atomic E-state index is 13.2. The van der Waals surface area contributed by atoms with Crippen LogP contribution in [-0.2, 0) is 9.22 Å². The van der Waals surface area contributed by atoms with E-state index >= 15 is 0 Å². The standard InChI is InChI=1S/C26H42O5Si/c1-14-10-18-25(29,22(14)28)12-16(13-31-32(8,9)23(3,4)5)11-17-19-20(24(19,6)7)21(27)15(2)26(17,18)30/h10-11,15,17-21,27,29-30H,12-13H2,1-9H3/t15-,17+,18-,19-,20?,21-,25-,26-/m1/s1. The van der Waals surface area contributed by atoms with E-state index in [0.717, 1.165) is 5.57 Å². The van der Waals surface area contributed by atoms with Crippen molar-refractivity contribution in [2.45, 2.75) is 90.3 Å². The van der Waals surface area contributed by atoms with Gasteiger partial charge in [0.25, 0.3) is 0 Å².